The van der Waals surface area contributed by atoms with Crippen LogP contribution in [0.3, 0.4) is 0 Å². The summed E-state index contributed by atoms with van der Waals surface area (Å²) < 4.78 is 105. The van der Waals surface area contributed by atoms with Crippen LogP contribution in [0.15, 0.2) is 12.1 Å². The standard InChI is InChI=1S/C9H3ClF8O2/c10-3-1-2-4(20-9(16,17)18)5(8(13,14)15)6(3)19-7(11)12/h1-2,7H. The number of halogens is 9. The van der Waals surface area contributed by atoms with Crippen LogP contribution in [-0.2, 0) is 6.18 Å². The molecule has 0 heterocycles. The first kappa shape index (κ1) is 16.6. The van der Waals surface area contributed by atoms with Crippen molar-refractivity contribution in [2.45, 2.75) is 19.2 Å². The fourth-order valence-corrected chi connectivity index (χ4v) is 1.42. The Balaban J connectivity index is 3.46. The van der Waals surface area contributed by atoms with Gasteiger partial charge in [-0.05, 0) is 12.1 Å². The van der Waals surface area contributed by atoms with Crippen molar-refractivity contribution in [1.82, 2.24) is 0 Å². The molecule has 0 aliphatic heterocycles. The molecule has 0 atom stereocenters. The Morgan fingerprint density at radius 1 is 1.00 bits per heavy atom. The van der Waals surface area contributed by atoms with Crippen LogP contribution in [-0.4, -0.2) is 13.0 Å². The highest BCUT2D eigenvalue weighted by molar-refractivity contribution is 6.32. The minimum atomic E-state index is -5.45. The van der Waals surface area contributed by atoms with Gasteiger partial charge in [0.1, 0.15) is 11.3 Å². The Bertz CT molecular complexity index is 482. The van der Waals surface area contributed by atoms with Gasteiger partial charge in [0.05, 0.1) is 5.02 Å². The van der Waals surface area contributed by atoms with Crippen molar-refractivity contribution in [3.05, 3.63) is 22.7 Å². The van der Waals surface area contributed by atoms with Crippen LogP contribution in [0.25, 0.3) is 0 Å². The molecule has 20 heavy (non-hydrogen) atoms. The highest BCUT2D eigenvalue weighted by atomic mass is 35.5. The maximum absolute atomic E-state index is 12.7. The third-order valence-corrected chi connectivity index (χ3v) is 2.09. The summed E-state index contributed by atoms with van der Waals surface area (Å²) in [4.78, 5) is 0. The van der Waals surface area contributed by atoms with Crippen LogP contribution >= 0.6 is 11.6 Å². The molecular formula is C9H3ClF8O2. The number of hydrogen-bond donors (Lipinski definition) is 0. The van der Waals surface area contributed by atoms with E-state index in [2.05, 4.69) is 9.47 Å². The topological polar surface area (TPSA) is 18.5 Å². The van der Waals surface area contributed by atoms with Crippen molar-refractivity contribution in [3.8, 4) is 11.5 Å². The molecule has 1 aromatic rings. The number of rotatable bonds is 3. The van der Waals surface area contributed by atoms with E-state index in [0.717, 1.165) is 0 Å². The molecule has 0 unspecified atom stereocenters. The molecule has 0 fully saturated rings. The third-order valence-electron chi connectivity index (χ3n) is 1.79. The molecule has 0 amide bonds. The number of alkyl halides is 8. The van der Waals surface area contributed by atoms with Crippen LogP contribution in [0.5, 0.6) is 11.5 Å². The molecule has 1 aromatic carbocycles. The van der Waals surface area contributed by atoms with Crippen LogP contribution in [0.4, 0.5) is 35.1 Å². The van der Waals surface area contributed by atoms with E-state index in [9.17, 15) is 35.1 Å². The zero-order valence-corrected chi connectivity index (χ0v) is 9.71. The van der Waals surface area contributed by atoms with Crippen molar-refractivity contribution in [2.75, 3.05) is 0 Å². The Labute approximate surface area is 110 Å². The molecule has 0 spiro atoms. The van der Waals surface area contributed by atoms with Gasteiger partial charge in [-0.2, -0.15) is 22.0 Å². The minimum absolute atomic E-state index is 0.247. The van der Waals surface area contributed by atoms with Crippen molar-refractivity contribution < 1.29 is 44.6 Å². The van der Waals surface area contributed by atoms with Gasteiger partial charge in [-0.25, -0.2) is 0 Å². The summed E-state index contributed by atoms with van der Waals surface area (Å²) in [6.45, 7) is -3.71. The molecular weight excluding hydrogens is 328 g/mol. The zero-order valence-electron chi connectivity index (χ0n) is 8.95. The molecule has 0 saturated carbocycles. The highest BCUT2D eigenvalue weighted by Gasteiger charge is 2.43. The molecule has 0 aliphatic rings. The van der Waals surface area contributed by atoms with Gasteiger partial charge in [0, 0.05) is 0 Å². The predicted molar refractivity (Wildman–Crippen MR) is 49.8 cm³/mol. The first-order chi connectivity index (χ1) is 8.92. The SMILES string of the molecule is FC(F)Oc1c(Cl)ccc(OC(F)(F)F)c1C(F)(F)F. The average molecular weight is 331 g/mol. The van der Waals surface area contributed by atoms with E-state index in [-0.39, 0.29) is 6.07 Å². The molecule has 0 aromatic heterocycles. The summed E-state index contributed by atoms with van der Waals surface area (Å²) in [5, 5.41) is -0.938. The summed E-state index contributed by atoms with van der Waals surface area (Å²) >= 11 is 5.23. The van der Waals surface area contributed by atoms with Gasteiger partial charge in [0.2, 0.25) is 0 Å². The van der Waals surface area contributed by atoms with Gasteiger partial charge in [-0.3, -0.25) is 0 Å². The van der Waals surface area contributed by atoms with Gasteiger partial charge in [0.25, 0.3) is 0 Å². The molecule has 11 heteroatoms. The Hall–Kier alpha value is -1.45. The van der Waals surface area contributed by atoms with Crippen molar-refractivity contribution in [1.29, 1.82) is 0 Å². The molecule has 1 rings (SSSR count). The second-order valence-corrected chi connectivity index (χ2v) is 3.58. The van der Waals surface area contributed by atoms with Crippen LogP contribution in [0.2, 0.25) is 5.02 Å². The summed E-state index contributed by atoms with van der Waals surface area (Å²) in [6, 6.07) is 0.757. The first-order valence-corrected chi connectivity index (χ1v) is 4.90. The van der Waals surface area contributed by atoms with Crippen LogP contribution < -0.4 is 9.47 Å². The second kappa shape index (κ2) is 5.51. The number of benzene rings is 1. The number of ether oxygens (including phenoxy) is 2. The van der Waals surface area contributed by atoms with Gasteiger partial charge in [-0.1, -0.05) is 11.6 Å². The van der Waals surface area contributed by atoms with E-state index in [4.69, 9.17) is 11.6 Å². The van der Waals surface area contributed by atoms with E-state index in [1.54, 1.807) is 0 Å². The predicted octanol–water partition coefficient (Wildman–Crippen LogP) is 4.86. The van der Waals surface area contributed by atoms with E-state index in [1.165, 1.54) is 0 Å². The van der Waals surface area contributed by atoms with Crippen molar-refractivity contribution >= 4 is 11.6 Å². The summed E-state index contributed by atoms with van der Waals surface area (Å²) in [6.07, 6.45) is -10.9. The van der Waals surface area contributed by atoms with Crippen LogP contribution in [0.1, 0.15) is 5.56 Å². The summed E-state index contributed by atoms with van der Waals surface area (Å²) in [5.41, 5.74) is -2.18. The third kappa shape index (κ3) is 4.29. The molecule has 0 aliphatic carbocycles. The Morgan fingerprint density at radius 2 is 1.55 bits per heavy atom. The monoisotopic (exact) mass is 330 g/mol. The summed E-state index contributed by atoms with van der Waals surface area (Å²) in [5.74, 6) is -3.39. The molecule has 0 saturated heterocycles. The summed E-state index contributed by atoms with van der Waals surface area (Å²) in [7, 11) is 0. The fraction of sp³-hybridized carbons (Fsp3) is 0.333. The molecule has 2 nitrogen and oxygen atoms in total. The Morgan fingerprint density at radius 3 is 1.95 bits per heavy atom. The lowest BCUT2D eigenvalue weighted by Gasteiger charge is -2.19. The van der Waals surface area contributed by atoms with Crippen molar-refractivity contribution in [2.24, 2.45) is 0 Å². The largest absolute Gasteiger partial charge is 0.573 e. The van der Waals surface area contributed by atoms with Crippen LogP contribution in [0, 0.1) is 0 Å². The van der Waals surface area contributed by atoms with Gasteiger partial charge < -0.3 is 9.47 Å². The fourth-order valence-electron chi connectivity index (χ4n) is 1.22. The number of hydrogen-bond acceptors (Lipinski definition) is 2. The lowest BCUT2D eigenvalue weighted by Crippen LogP contribution is -2.21. The van der Waals surface area contributed by atoms with Gasteiger partial charge >= 0.3 is 19.2 Å². The smallest absolute Gasteiger partial charge is 0.432 e. The molecule has 114 valence electrons. The zero-order chi connectivity index (χ0) is 15.7. The molecule has 0 radical (unpaired) electrons. The van der Waals surface area contributed by atoms with Gasteiger partial charge in [0.15, 0.2) is 5.75 Å². The van der Waals surface area contributed by atoms with Crippen molar-refractivity contribution in [3.63, 3.8) is 0 Å². The minimum Gasteiger partial charge on any atom is -0.432 e. The quantitative estimate of drug-likeness (QED) is 0.737. The lowest BCUT2D eigenvalue weighted by atomic mass is 10.1. The Kier molecular flexibility index (Phi) is 4.57. The van der Waals surface area contributed by atoms with E-state index >= 15 is 0 Å². The second-order valence-electron chi connectivity index (χ2n) is 3.17. The maximum atomic E-state index is 12.7. The lowest BCUT2D eigenvalue weighted by molar-refractivity contribution is -0.276. The maximum Gasteiger partial charge on any atom is 0.573 e. The van der Waals surface area contributed by atoms with E-state index < -0.39 is 41.2 Å². The highest BCUT2D eigenvalue weighted by Crippen LogP contribution is 2.47. The van der Waals surface area contributed by atoms with E-state index in [0.29, 0.717) is 6.07 Å². The first-order valence-electron chi connectivity index (χ1n) is 4.52. The molecule has 0 bridgehead atoms. The van der Waals surface area contributed by atoms with E-state index in [1.807, 2.05) is 0 Å². The normalized spacial score (nSPS) is 12.7. The molecule has 0 N–H and O–H groups in total. The average Bonchev–Trinajstić information content (AvgIpc) is 2.18. The van der Waals surface area contributed by atoms with Gasteiger partial charge in [-0.15, -0.1) is 13.2 Å².